The van der Waals surface area contributed by atoms with Gasteiger partial charge >= 0.3 is 0 Å². The predicted molar refractivity (Wildman–Crippen MR) is 125 cm³/mol. The Balaban J connectivity index is 1.56. The van der Waals surface area contributed by atoms with Crippen LogP contribution in [0.15, 0.2) is 70.0 Å². The lowest BCUT2D eigenvalue weighted by atomic mass is 10.0. The van der Waals surface area contributed by atoms with E-state index in [1.807, 2.05) is 18.2 Å². The van der Waals surface area contributed by atoms with E-state index in [0.29, 0.717) is 26.2 Å². The average Bonchev–Trinajstić information content (AvgIpc) is 2.87. The first-order valence-corrected chi connectivity index (χ1v) is 10.7. The number of aromatic hydroxyl groups is 3. The summed E-state index contributed by atoms with van der Waals surface area (Å²) in [6.07, 6.45) is 1.71. The highest BCUT2D eigenvalue weighted by molar-refractivity contribution is 6.02. The molecule has 0 saturated carbocycles. The third-order valence-electron chi connectivity index (χ3n) is 5.88. The number of rotatable bonds is 3. The smallest absolute Gasteiger partial charge is 0.261 e. The fraction of sp³-hybridized carbons (Fsp3) is 0.160. The van der Waals surface area contributed by atoms with Crippen LogP contribution in [-0.4, -0.2) is 57.3 Å². The number of amides is 1. The van der Waals surface area contributed by atoms with E-state index in [-0.39, 0.29) is 27.9 Å². The third kappa shape index (κ3) is 3.66. The number of pyridine rings is 1. The van der Waals surface area contributed by atoms with Crippen LogP contribution >= 0.6 is 0 Å². The van der Waals surface area contributed by atoms with Gasteiger partial charge in [-0.2, -0.15) is 0 Å². The molecule has 1 aliphatic heterocycles. The number of nitrogens with zero attached hydrogens (tertiary/aromatic N) is 3. The number of phenolic OH excluding ortho intramolecular Hbond substituents is 3. The summed E-state index contributed by atoms with van der Waals surface area (Å²) in [7, 11) is 0. The van der Waals surface area contributed by atoms with Gasteiger partial charge < -0.3 is 29.5 Å². The van der Waals surface area contributed by atoms with Crippen LogP contribution in [0.4, 0.5) is 5.82 Å². The quantitative estimate of drug-likeness (QED) is 0.399. The van der Waals surface area contributed by atoms with Crippen LogP contribution in [0.1, 0.15) is 10.4 Å². The summed E-state index contributed by atoms with van der Waals surface area (Å²) in [4.78, 5) is 35.0. The molecule has 1 aliphatic rings. The zero-order valence-electron chi connectivity index (χ0n) is 18.0. The molecule has 172 valence electrons. The maximum absolute atomic E-state index is 13.6. The van der Waals surface area contributed by atoms with Gasteiger partial charge in [0.15, 0.2) is 23.0 Å². The van der Waals surface area contributed by atoms with Gasteiger partial charge in [0.1, 0.15) is 17.0 Å². The Morgan fingerprint density at radius 3 is 2.26 bits per heavy atom. The minimum Gasteiger partial charge on any atom is -0.504 e. The number of hydrogen-bond acceptors (Lipinski definition) is 8. The summed E-state index contributed by atoms with van der Waals surface area (Å²) in [6, 6.07) is 14.5. The summed E-state index contributed by atoms with van der Waals surface area (Å²) >= 11 is 0. The number of fused-ring (bicyclic) bond motifs is 1. The van der Waals surface area contributed by atoms with Crippen molar-refractivity contribution in [2.45, 2.75) is 0 Å². The molecular formula is C25H21N3O6. The molecule has 1 fully saturated rings. The molecule has 1 saturated heterocycles. The maximum Gasteiger partial charge on any atom is 0.261 e. The highest BCUT2D eigenvalue weighted by atomic mass is 16.3. The van der Waals surface area contributed by atoms with Crippen molar-refractivity contribution in [1.82, 2.24) is 9.88 Å². The van der Waals surface area contributed by atoms with E-state index in [9.17, 15) is 24.9 Å². The second-order valence-electron chi connectivity index (χ2n) is 7.96. The van der Waals surface area contributed by atoms with E-state index < -0.39 is 28.6 Å². The molecule has 2 aromatic heterocycles. The van der Waals surface area contributed by atoms with E-state index >= 15 is 0 Å². The average molecular weight is 459 g/mol. The molecule has 0 aliphatic carbocycles. The molecule has 34 heavy (non-hydrogen) atoms. The Morgan fingerprint density at radius 1 is 0.912 bits per heavy atom. The topological polar surface area (TPSA) is 127 Å². The second kappa shape index (κ2) is 8.43. The van der Waals surface area contributed by atoms with Crippen molar-refractivity contribution >= 4 is 22.7 Å². The van der Waals surface area contributed by atoms with Crippen molar-refractivity contribution in [2.75, 3.05) is 31.1 Å². The Kier molecular flexibility index (Phi) is 5.29. The Morgan fingerprint density at radius 2 is 1.59 bits per heavy atom. The standard InChI is InChI=1S/C25H21N3O6/c29-17-13-15(14-18(30)23(17)32)24-21(22(31)16-5-1-2-6-19(16)34-24)25(33)28-11-9-27(10-12-28)20-7-3-4-8-26-20/h1-8,13-14,29-30,32H,9-12H2. The highest BCUT2D eigenvalue weighted by Gasteiger charge is 2.30. The Bertz CT molecular complexity index is 1420. The van der Waals surface area contributed by atoms with Gasteiger partial charge in [-0.3, -0.25) is 9.59 Å². The van der Waals surface area contributed by atoms with E-state index in [2.05, 4.69) is 9.88 Å². The van der Waals surface area contributed by atoms with Crippen LogP contribution < -0.4 is 10.3 Å². The predicted octanol–water partition coefficient (Wildman–Crippen LogP) is 2.93. The summed E-state index contributed by atoms with van der Waals surface area (Å²) in [5.74, 6) is -1.70. The van der Waals surface area contributed by atoms with Gasteiger partial charge in [0.25, 0.3) is 5.91 Å². The molecule has 9 nitrogen and oxygen atoms in total. The molecular weight excluding hydrogens is 438 g/mol. The lowest BCUT2D eigenvalue weighted by Gasteiger charge is -2.35. The Labute approximate surface area is 193 Å². The summed E-state index contributed by atoms with van der Waals surface area (Å²) in [5.41, 5.74) is -0.368. The van der Waals surface area contributed by atoms with Gasteiger partial charge in [-0.15, -0.1) is 0 Å². The molecule has 1 amide bonds. The summed E-state index contributed by atoms with van der Waals surface area (Å²) in [5, 5.41) is 30.0. The van der Waals surface area contributed by atoms with Gasteiger partial charge in [-0.25, -0.2) is 4.98 Å². The number of phenols is 3. The fourth-order valence-corrected chi connectivity index (χ4v) is 4.11. The van der Waals surface area contributed by atoms with Crippen molar-refractivity contribution in [1.29, 1.82) is 0 Å². The SMILES string of the molecule is O=C(c1c(-c2cc(O)c(O)c(O)c2)oc2ccccc2c1=O)N1CCN(c2ccccn2)CC1. The van der Waals surface area contributed by atoms with Crippen LogP contribution in [0.3, 0.4) is 0 Å². The van der Waals surface area contributed by atoms with Crippen molar-refractivity contribution in [3.8, 4) is 28.6 Å². The zero-order valence-corrected chi connectivity index (χ0v) is 18.0. The van der Waals surface area contributed by atoms with Gasteiger partial charge in [0.05, 0.1) is 5.39 Å². The molecule has 9 heteroatoms. The zero-order chi connectivity index (χ0) is 23.8. The number of carbonyl (C=O) groups is 1. The van der Waals surface area contributed by atoms with Crippen molar-refractivity contribution < 1.29 is 24.5 Å². The Hall–Kier alpha value is -4.53. The molecule has 0 atom stereocenters. The van der Waals surface area contributed by atoms with Crippen molar-refractivity contribution in [3.63, 3.8) is 0 Å². The van der Waals surface area contributed by atoms with Crippen molar-refractivity contribution in [3.05, 3.63) is 76.6 Å². The van der Waals surface area contributed by atoms with E-state index in [0.717, 1.165) is 18.0 Å². The molecule has 3 heterocycles. The van der Waals surface area contributed by atoms with Crippen LogP contribution in [0.5, 0.6) is 17.2 Å². The van der Waals surface area contributed by atoms with Gasteiger partial charge in [0, 0.05) is 37.9 Å². The molecule has 5 rings (SSSR count). The first-order chi connectivity index (χ1) is 16.4. The summed E-state index contributed by atoms with van der Waals surface area (Å²) < 4.78 is 5.94. The van der Waals surface area contributed by atoms with Crippen LogP contribution in [0, 0.1) is 0 Å². The van der Waals surface area contributed by atoms with Crippen LogP contribution in [0.2, 0.25) is 0 Å². The molecule has 0 spiro atoms. The normalized spacial score (nSPS) is 13.9. The van der Waals surface area contributed by atoms with Gasteiger partial charge in [0.2, 0.25) is 5.43 Å². The number of piperazine rings is 1. The first kappa shape index (κ1) is 21.3. The maximum atomic E-state index is 13.6. The molecule has 0 radical (unpaired) electrons. The minimum atomic E-state index is -0.703. The number of para-hydroxylation sites is 1. The molecule has 4 aromatic rings. The monoisotopic (exact) mass is 459 g/mol. The first-order valence-electron chi connectivity index (χ1n) is 10.7. The van der Waals surface area contributed by atoms with E-state index in [1.54, 1.807) is 35.4 Å². The van der Waals surface area contributed by atoms with Crippen LogP contribution in [0.25, 0.3) is 22.3 Å². The number of benzene rings is 2. The van der Waals surface area contributed by atoms with Crippen LogP contribution in [-0.2, 0) is 0 Å². The molecule has 3 N–H and O–H groups in total. The lowest BCUT2D eigenvalue weighted by Crippen LogP contribution is -2.49. The number of anilines is 1. The third-order valence-corrected chi connectivity index (χ3v) is 5.88. The van der Waals surface area contributed by atoms with Gasteiger partial charge in [-0.1, -0.05) is 18.2 Å². The van der Waals surface area contributed by atoms with E-state index in [1.165, 1.54) is 0 Å². The molecule has 2 aromatic carbocycles. The lowest BCUT2D eigenvalue weighted by molar-refractivity contribution is 0.0744. The number of aromatic nitrogens is 1. The molecule has 0 unspecified atom stereocenters. The minimum absolute atomic E-state index is 0.0890. The van der Waals surface area contributed by atoms with Gasteiger partial charge in [-0.05, 0) is 36.4 Å². The summed E-state index contributed by atoms with van der Waals surface area (Å²) in [6.45, 7) is 1.82. The number of carbonyl (C=O) groups excluding carboxylic acids is 1. The van der Waals surface area contributed by atoms with E-state index in [4.69, 9.17) is 4.42 Å². The largest absolute Gasteiger partial charge is 0.504 e. The molecule has 0 bridgehead atoms. The number of hydrogen-bond donors (Lipinski definition) is 3. The highest BCUT2D eigenvalue weighted by Crippen LogP contribution is 2.40. The van der Waals surface area contributed by atoms with Crippen molar-refractivity contribution in [2.24, 2.45) is 0 Å². The second-order valence-corrected chi connectivity index (χ2v) is 7.96. The fourth-order valence-electron chi connectivity index (χ4n) is 4.11.